The van der Waals surface area contributed by atoms with E-state index in [4.69, 9.17) is 10.0 Å². The third-order valence-electron chi connectivity index (χ3n) is 1.27. The van der Waals surface area contributed by atoms with Crippen molar-refractivity contribution in [3.8, 4) is 0 Å². The Labute approximate surface area is 91.7 Å². The van der Waals surface area contributed by atoms with Crippen molar-refractivity contribution in [3.63, 3.8) is 0 Å². The summed E-state index contributed by atoms with van der Waals surface area (Å²) in [5, 5.41) is 17.4. The van der Waals surface area contributed by atoms with Crippen molar-refractivity contribution in [2.75, 3.05) is 0 Å². The molecule has 0 aliphatic carbocycles. The van der Waals surface area contributed by atoms with Gasteiger partial charge in [0.25, 0.3) is 0 Å². The Morgan fingerprint density at radius 3 is 2.45 bits per heavy atom. The minimum atomic E-state index is -1.37. The largest absolute Gasteiger partial charge is 0.462 e. The van der Waals surface area contributed by atoms with Crippen LogP contribution in [-0.2, 0) is 32.7 Å². The zero-order valence-corrected chi connectivity index (χ0v) is 9.12. The molecule has 0 bridgehead atoms. The zero-order valence-electron chi connectivity index (χ0n) is 6.28. The van der Waals surface area contributed by atoms with Gasteiger partial charge >= 0.3 is 7.12 Å². The minimum Gasteiger partial charge on any atom is -0.425 e. The predicted octanol–water partition coefficient (Wildman–Crippen LogP) is -0.527. The molecule has 1 rings (SSSR count). The van der Waals surface area contributed by atoms with Crippen LogP contribution in [0.25, 0.3) is 0 Å². The quantitative estimate of drug-likeness (QED) is 0.497. The number of hydrogen-bond donors (Lipinski definition) is 2. The van der Waals surface area contributed by atoms with Crippen LogP contribution < -0.4 is 5.46 Å². The second-order valence-corrected chi connectivity index (χ2v) is 2.18. The van der Waals surface area contributed by atoms with Gasteiger partial charge in [-0.3, -0.25) is 0 Å². The second-order valence-electron chi connectivity index (χ2n) is 2.18. The standard InChI is InChI=1S/C7H8BO2.Y/c1-6-3-2-4-7(5-6)8(9)10;/h2,4-5,9-10H,1H3;/q-1;. The summed E-state index contributed by atoms with van der Waals surface area (Å²) in [7, 11) is -1.37. The van der Waals surface area contributed by atoms with E-state index in [1.54, 1.807) is 18.2 Å². The predicted molar refractivity (Wildman–Crippen MR) is 39.8 cm³/mol. The Hall–Kier alpha value is 0.309. The van der Waals surface area contributed by atoms with Crippen LogP contribution in [0, 0.1) is 13.0 Å². The van der Waals surface area contributed by atoms with Gasteiger partial charge in [0.2, 0.25) is 0 Å². The molecule has 11 heavy (non-hydrogen) atoms. The van der Waals surface area contributed by atoms with E-state index >= 15 is 0 Å². The fourth-order valence-corrected chi connectivity index (χ4v) is 0.770. The third kappa shape index (κ3) is 3.48. The fraction of sp³-hybridized carbons (Fsp3) is 0.143. The Morgan fingerprint density at radius 2 is 2.09 bits per heavy atom. The van der Waals surface area contributed by atoms with Crippen LogP contribution >= 0.6 is 0 Å². The van der Waals surface area contributed by atoms with E-state index in [1.165, 1.54) is 0 Å². The molecule has 0 heterocycles. The van der Waals surface area contributed by atoms with Crippen LogP contribution in [0.3, 0.4) is 0 Å². The Bertz CT molecular complexity index is 227. The maximum Gasteiger partial charge on any atom is 0.462 e. The van der Waals surface area contributed by atoms with Crippen molar-refractivity contribution in [2.45, 2.75) is 6.92 Å². The first-order valence-corrected chi connectivity index (χ1v) is 3.04. The van der Waals surface area contributed by atoms with Gasteiger partial charge in [0.15, 0.2) is 0 Å². The molecule has 0 atom stereocenters. The summed E-state index contributed by atoms with van der Waals surface area (Å²) in [6.07, 6.45) is 0. The van der Waals surface area contributed by atoms with Crippen molar-refractivity contribution in [3.05, 3.63) is 29.8 Å². The molecule has 4 heteroatoms. The van der Waals surface area contributed by atoms with E-state index < -0.39 is 7.12 Å². The fourth-order valence-electron chi connectivity index (χ4n) is 0.770. The van der Waals surface area contributed by atoms with E-state index in [-0.39, 0.29) is 32.7 Å². The second kappa shape index (κ2) is 5.04. The number of aryl methyl sites for hydroxylation is 1. The van der Waals surface area contributed by atoms with E-state index in [0.29, 0.717) is 5.46 Å². The molecule has 0 amide bonds. The summed E-state index contributed by atoms with van der Waals surface area (Å²) >= 11 is 0. The van der Waals surface area contributed by atoms with Gasteiger partial charge in [0.05, 0.1) is 0 Å². The normalized spacial score (nSPS) is 8.64. The molecule has 2 N–H and O–H groups in total. The smallest absolute Gasteiger partial charge is 0.425 e. The van der Waals surface area contributed by atoms with Gasteiger partial charge in [-0.1, -0.05) is 6.92 Å². The molecule has 0 saturated carbocycles. The average Bonchev–Trinajstić information content (AvgIpc) is 1.88. The van der Waals surface area contributed by atoms with Gasteiger partial charge in [-0.25, -0.2) is 0 Å². The number of rotatable bonds is 1. The van der Waals surface area contributed by atoms with Crippen LogP contribution in [0.1, 0.15) is 5.56 Å². The van der Waals surface area contributed by atoms with Crippen molar-refractivity contribution >= 4 is 12.6 Å². The summed E-state index contributed by atoms with van der Waals surface area (Å²) in [4.78, 5) is 0. The molecular formula is C7H8BO2Y-. The molecule has 2 nitrogen and oxygen atoms in total. The average molecular weight is 224 g/mol. The van der Waals surface area contributed by atoms with E-state index in [9.17, 15) is 0 Å². The van der Waals surface area contributed by atoms with E-state index in [0.717, 1.165) is 5.56 Å². The van der Waals surface area contributed by atoms with Gasteiger partial charge < -0.3 is 10.0 Å². The summed E-state index contributed by atoms with van der Waals surface area (Å²) < 4.78 is 0. The summed E-state index contributed by atoms with van der Waals surface area (Å²) in [6, 6.07) is 7.88. The van der Waals surface area contributed by atoms with Gasteiger partial charge in [-0.2, -0.15) is 29.8 Å². The van der Waals surface area contributed by atoms with Gasteiger partial charge in [-0.05, 0) is 0 Å². The first kappa shape index (κ1) is 11.3. The monoisotopic (exact) mass is 224 g/mol. The molecular weight excluding hydrogens is 216 g/mol. The maximum atomic E-state index is 8.69. The van der Waals surface area contributed by atoms with Crippen molar-refractivity contribution < 1.29 is 42.8 Å². The van der Waals surface area contributed by atoms with E-state index in [2.05, 4.69) is 6.07 Å². The molecule has 1 aromatic rings. The molecule has 0 aliphatic heterocycles. The van der Waals surface area contributed by atoms with Crippen LogP contribution in [0.4, 0.5) is 0 Å². The topological polar surface area (TPSA) is 40.5 Å². The Morgan fingerprint density at radius 1 is 1.45 bits per heavy atom. The number of hydrogen-bond acceptors (Lipinski definition) is 2. The van der Waals surface area contributed by atoms with Gasteiger partial charge in [-0.15, -0.1) is 5.46 Å². The molecule has 0 aromatic heterocycles. The van der Waals surface area contributed by atoms with Crippen LogP contribution in [0.2, 0.25) is 0 Å². The molecule has 0 saturated heterocycles. The molecule has 0 spiro atoms. The van der Waals surface area contributed by atoms with Crippen molar-refractivity contribution in [1.82, 2.24) is 0 Å². The van der Waals surface area contributed by atoms with Gasteiger partial charge in [0, 0.05) is 32.7 Å². The van der Waals surface area contributed by atoms with Crippen LogP contribution in [0.5, 0.6) is 0 Å². The first-order chi connectivity index (χ1) is 4.70. The molecule has 0 unspecified atom stereocenters. The number of benzene rings is 1. The Kier molecular flexibility index (Phi) is 5.18. The molecule has 0 fully saturated rings. The maximum absolute atomic E-state index is 8.69. The van der Waals surface area contributed by atoms with E-state index in [1.807, 2.05) is 6.92 Å². The summed E-state index contributed by atoms with van der Waals surface area (Å²) in [6.45, 7) is 1.85. The van der Waals surface area contributed by atoms with Crippen LogP contribution in [0.15, 0.2) is 18.2 Å². The van der Waals surface area contributed by atoms with Crippen molar-refractivity contribution in [1.29, 1.82) is 0 Å². The molecule has 1 aromatic carbocycles. The summed E-state index contributed by atoms with van der Waals surface area (Å²) in [5.74, 6) is 0. The Balaban J connectivity index is 0.000001000. The third-order valence-corrected chi connectivity index (χ3v) is 1.27. The molecule has 55 valence electrons. The SMILES string of the molecule is Cc1[c-]ccc(B(O)O)c1.[Y]. The zero-order chi connectivity index (χ0) is 7.56. The first-order valence-electron chi connectivity index (χ1n) is 3.04. The van der Waals surface area contributed by atoms with Crippen LogP contribution in [-0.4, -0.2) is 17.2 Å². The van der Waals surface area contributed by atoms with Crippen molar-refractivity contribution in [2.24, 2.45) is 0 Å². The van der Waals surface area contributed by atoms with Gasteiger partial charge in [0.1, 0.15) is 0 Å². The molecule has 1 radical (unpaired) electrons. The molecule has 0 aliphatic rings. The minimum absolute atomic E-state index is 0. The summed E-state index contributed by atoms with van der Waals surface area (Å²) in [5.41, 5.74) is 1.42.